The second kappa shape index (κ2) is 6.31. The molecule has 0 saturated carbocycles. The van der Waals surface area contributed by atoms with Crippen LogP contribution in [0.15, 0.2) is 53.0 Å². The Morgan fingerprint density at radius 1 is 1.16 bits per heavy atom. The monoisotopic (exact) mass is 322 g/mol. The molecule has 2 atom stereocenters. The molecule has 0 heterocycles. The topological polar surface area (TPSA) is 20.2 Å². The summed E-state index contributed by atoms with van der Waals surface area (Å²) in [6, 6.07) is 14.7. The quantitative estimate of drug-likeness (QED) is 0.890. The summed E-state index contributed by atoms with van der Waals surface area (Å²) in [5, 5.41) is 10.3. The highest BCUT2D eigenvalue weighted by Gasteiger charge is 2.16. The van der Waals surface area contributed by atoms with Gasteiger partial charge in [0.15, 0.2) is 0 Å². The lowest BCUT2D eigenvalue weighted by atomic mass is 9.91. The second-order valence-corrected chi connectivity index (χ2v) is 5.57. The largest absolute Gasteiger partial charge is 0.392 e. The Morgan fingerprint density at radius 2 is 1.84 bits per heavy atom. The molecule has 0 fully saturated rings. The first kappa shape index (κ1) is 14.2. The van der Waals surface area contributed by atoms with Gasteiger partial charge < -0.3 is 5.11 Å². The summed E-state index contributed by atoms with van der Waals surface area (Å²) in [5.74, 6) is -0.237. The predicted octanol–water partition coefficient (Wildman–Crippen LogP) is 4.30. The van der Waals surface area contributed by atoms with Gasteiger partial charge in [0.2, 0.25) is 0 Å². The minimum absolute atomic E-state index is 0.0463. The number of hydrogen-bond donors (Lipinski definition) is 1. The number of benzene rings is 2. The molecule has 100 valence electrons. The minimum atomic E-state index is -0.486. The SMILES string of the molecule is CC(c1ccccc1)C(O)Cc1ccc(F)c(Br)c1. The molecule has 2 aromatic carbocycles. The van der Waals surface area contributed by atoms with Crippen LogP contribution in [0.5, 0.6) is 0 Å². The van der Waals surface area contributed by atoms with Gasteiger partial charge >= 0.3 is 0 Å². The van der Waals surface area contributed by atoms with Crippen LogP contribution in [0.3, 0.4) is 0 Å². The molecule has 2 aromatic rings. The summed E-state index contributed by atoms with van der Waals surface area (Å²) in [6.45, 7) is 2.00. The number of rotatable bonds is 4. The van der Waals surface area contributed by atoms with Crippen molar-refractivity contribution in [3.8, 4) is 0 Å². The zero-order chi connectivity index (χ0) is 13.8. The highest BCUT2D eigenvalue weighted by molar-refractivity contribution is 9.10. The Balaban J connectivity index is 2.08. The molecule has 0 aromatic heterocycles. The molecule has 0 saturated heterocycles. The van der Waals surface area contributed by atoms with Crippen molar-refractivity contribution >= 4 is 15.9 Å². The van der Waals surface area contributed by atoms with Crippen molar-refractivity contribution in [2.45, 2.75) is 25.4 Å². The van der Waals surface area contributed by atoms with Crippen molar-refractivity contribution in [3.63, 3.8) is 0 Å². The third-order valence-electron chi connectivity index (χ3n) is 3.33. The molecule has 19 heavy (non-hydrogen) atoms. The van der Waals surface area contributed by atoms with E-state index in [1.54, 1.807) is 12.1 Å². The van der Waals surface area contributed by atoms with E-state index in [0.717, 1.165) is 11.1 Å². The Labute approximate surface area is 121 Å². The van der Waals surface area contributed by atoms with Gasteiger partial charge in [-0.05, 0) is 45.6 Å². The standard InChI is InChI=1S/C16H16BrFO/c1-11(13-5-3-2-4-6-13)16(19)10-12-7-8-15(18)14(17)9-12/h2-9,11,16,19H,10H2,1H3. The van der Waals surface area contributed by atoms with E-state index in [9.17, 15) is 9.50 Å². The van der Waals surface area contributed by atoms with E-state index in [-0.39, 0.29) is 11.7 Å². The molecule has 0 radical (unpaired) electrons. The van der Waals surface area contributed by atoms with E-state index in [0.29, 0.717) is 10.9 Å². The van der Waals surface area contributed by atoms with Crippen LogP contribution in [-0.2, 0) is 6.42 Å². The fourth-order valence-electron chi connectivity index (χ4n) is 2.06. The van der Waals surface area contributed by atoms with Crippen LogP contribution in [-0.4, -0.2) is 11.2 Å². The molecule has 2 unspecified atom stereocenters. The van der Waals surface area contributed by atoms with Crippen LogP contribution >= 0.6 is 15.9 Å². The van der Waals surface area contributed by atoms with Crippen LogP contribution in [0.25, 0.3) is 0 Å². The fourth-order valence-corrected chi connectivity index (χ4v) is 2.49. The molecule has 2 rings (SSSR count). The first-order valence-electron chi connectivity index (χ1n) is 6.25. The lowest BCUT2D eigenvalue weighted by molar-refractivity contribution is 0.149. The van der Waals surface area contributed by atoms with Gasteiger partial charge in [-0.3, -0.25) is 0 Å². The van der Waals surface area contributed by atoms with Crippen molar-refractivity contribution in [1.29, 1.82) is 0 Å². The van der Waals surface area contributed by atoms with Gasteiger partial charge in [0, 0.05) is 5.92 Å². The van der Waals surface area contributed by atoms with Gasteiger partial charge in [0.05, 0.1) is 10.6 Å². The molecule has 0 spiro atoms. The van der Waals surface area contributed by atoms with E-state index in [2.05, 4.69) is 15.9 Å². The van der Waals surface area contributed by atoms with Crippen molar-refractivity contribution < 1.29 is 9.50 Å². The Morgan fingerprint density at radius 3 is 2.47 bits per heavy atom. The molecule has 0 aliphatic heterocycles. The second-order valence-electron chi connectivity index (χ2n) is 4.72. The third kappa shape index (κ3) is 3.64. The maximum atomic E-state index is 13.2. The van der Waals surface area contributed by atoms with Crippen LogP contribution in [0.1, 0.15) is 24.0 Å². The molecule has 1 N–H and O–H groups in total. The number of hydrogen-bond acceptors (Lipinski definition) is 1. The Bertz CT molecular complexity index is 542. The van der Waals surface area contributed by atoms with E-state index in [4.69, 9.17) is 0 Å². The van der Waals surface area contributed by atoms with Gasteiger partial charge in [0.25, 0.3) is 0 Å². The Hall–Kier alpha value is -1.19. The Kier molecular flexibility index (Phi) is 4.72. The van der Waals surface area contributed by atoms with Crippen molar-refractivity contribution in [2.24, 2.45) is 0 Å². The van der Waals surface area contributed by atoms with Crippen molar-refractivity contribution in [3.05, 3.63) is 69.9 Å². The molecule has 1 nitrogen and oxygen atoms in total. The average molecular weight is 323 g/mol. The summed E-state index contributed by atoms with van der Waals surface area (Å²) in [6.07, 6.45) is 0.0225. The summed E-state index contributed by atoms with van der Waals surface area (Å²) in [7, 11) is 0. The third-order valence-corrected chi connectivity index (χ3v) is 3.94. The molecule has 0 aliphatic rings. The summed E-state index contributed by atoms with van der Waals surface area (Å²) < 4.78 is 13.6. The van der Waals surface area contributed by atoms with Crippen LogP contribution in [0, 0.1) is 5.82 Å². The lowest BCUT2D eigenvalue weighted by Gasteiger charge is -2.19. The molecular weight excluding hydrogens is 307 g/mol. The van der Waals surface area contributed by atoms with Crippen molar-refractivity contribution in [1.82, 2.24) is 0 Å². The molecule has 0 amide bonds. The molecule has 0 bridgehead atoms. The number of halogens is 2. The number of aliphatic hydroxyl groups excluding tert-OH is 1. The maximum Gasteiger partial charge on any atom is 0.137 e. The predicted molar refractivity (Wildman–Crippen MR) is 78.7 cm³/mol. The first-order valence-corrected chi connectivity index (χ1v) is 7.04. The van der Waals surface area contributed by atoms with Crippen LogP contribution in [0.2, 0.25) is 0 Å². The smallest absolute Gasteiger partial charge is 0.137 e. The zero-order valence-corrected chi connectivity index (χ0v) is 12.3. The van der Waals surface area contributed by atoms with E-state index in [1.807, 2.05) is 37.3 Å². The molecular formula is C16H16BrFO. The minimum Gasteiger partial charge on any atom is -0.392 e. The highest BCUT2D eigenvalue weighted by Crippen LogP contribution is 2.23. The molecule has 0 aliphatic carbocycles. The lowest BCUT2D eigenvalue weighted by Crippen LogP contribution is -2.18. The van der Waals surface area contributed by atoms with Crippen LogP contribution < -0.4 is 0 Å². The van der Waals surface area contributed by atoms with E-state index >= 15 is 0 Å². The van der Waals surface area contributed by atoms with Gasteiger partial charge in [-0.1, -0.05) is 43.3 Å². The van der Waals surface area contributed by atoms with Gasteiger partial charge in [-0.2, -0.15) is 0 Å². The van der Waals surface area contributed by atoms with Crippen molar-refractivity contribution in [2.75, 3.05) is 0 Å². The number of aliphatic hydroxyl groups is 1. The van der Waals surface area contributed by atoms with E-state index in [1.165, 1.54) is 6.07 Å². The summed E-state index contributed by atoms with van der Waals surface area (Å²) in [5.41, 5.74) is 2.03. The fraction of sp³-hybridized carbons (Fsp3) is 0.250. The van der Waals surface area contributed by atoms with Gasteiger partial charge in [0.1, 0.15) is 5.82 Å². The first-order chi connectivity index (χ1) is 9.08. The maximum absolute atomic E-state index is 13.2. The average Bonchev–Trinajstić information content (AvgIpc) is 2.43. The normalized spacial score (nSPS) is 14.1. The highest BCUT2D eigenvalue weighted by atomic mass is 79.9. The summed E-state index contributed by atoms with van der Waals surface area (Å²) in [4.78, 5) is 0. The molecule has 3 heteroatoms. The zero-order valence-electron chi connectivity index (χ0n) is 10.7. The van der Waals surface area contributed by atoms with E-state index < -0.39 is 6.10 Å². The van der Waals surface area contributed by atoms with Gasteiger partial charge in [-0.15, -0.1) is 0 Å². The van der Waals surface area contributed by atoms with Crippen LogP contribution in [0.4, 0.5) is 4.39 Å². The van der Waals surface area contributed by atoms with Gasteiger partial charge in [-0.25, -0.2) is 4.39 Å². The summed E-state index contributed by atoms with van der Waals surface area (Å²) >= 11 is 3.16.